The molecule has 0 aliphatic carbocycles. The second kappa shape index (κ2) is 10.3. The van der Waals surface area contributed by atoms with Crippen molar-refractivity contribution in [2.24, 2.45) is 11.8 Å². The van der Waals surface area contributed by atoms with E-state index in [4.69, 9.17) is 0 Å². The molecule has 1 fully saturated rings. The van der Waals surface area contributed by atoms with Gasteiger partial charge in [-0.15, -0.1) is 0 Å². The van der Waals surface area contributed by atoms with Crippen LogP contribution in [0.1, 0.15) is 40.5 Å². The summed E-state index contributed by atoms with van der Waals surface area (Å²) in [6.45, 7) is 8.61. The van der Waals surface area contributed by atoms with E-state index in [1.807, 2.05) is 13.8 Å². The second-order valence-corrected chi connectivity index (χ2v) is 6.61. The van der Waals surface area contributed by atoms with Gasteiger partial charge in [-0.3, -0.25) is 14.9 Å². The van der Waals surface area contributed by atoms with Crippen molar-refractivity contribution in [2.45, 2.75) is 58.7 Å². The van der Waals surface area contributed by atoms with Crippen molar-refractivity contribution in [2.75, 3.05) is 6.54 Å². The van der Waals surface area contributed by atoms with E-state index in [0.717, 1.165) is 6.42 Å². The number of carbonyl (C=O) groups is 3. The van der Waals surface area contributed by atoms with Gasteiger partial charge >= 0.3 is 29.6 Å². The molecule has 3 N–H and O–H groups in total. The van der Waals surface area contributed by atoms with Crippen molar-refractivity contribution < 1.29 is 49.0 Å². The maximum absolute atomic E-state index is 12.2. The van der Waals surface area contributed by atoms with Crippen molar-refractivity contribution in [1.82, 2.24) is 16.0 Å². The average molecular weight is 335 g/mol. The Kier molecular flexibility index (Phi) is 10.00. The Balaban J connectivity index is 0.00000484. The number of carbonyl (C=O) groups excluding carboxylic acids is 3. The van der Waals surface area contributed by atoms with Gasteiger partial charge in [-0.2, -0.15) is 0 Å². The Morgan fingerprint density at radius 2 is 1.70 bits per heavy atom. The molecule has 0 bridgehead atoms. The largest absolute Gasteiger partial charge is 1.00 e. The second-order valence-electron chi connectivity index (χ2n) is 6.61. The molecule has 1 aliphatic rings. The number of hydrogen-bond acceptors (Lipinski definition) is 5. The molecule has 0 saturated carbocycles. The van der Waals surface area contributed by atoms with E-state index in [0.29, 0.717) is 18.9 Å². The van der Waals surface area contributed by atoms with Gasteiger partial charge < -0.3 is 20.5 Å². The fourth-order valence-corrected chi connectivity index (χ4v) is 2.14. The molecule has 0 aromatic rings. The molecule has 2 amide bonds. The van der Waals surface area contributed by atoms with E-state index in [1.165, 1.54) is 0 Å². The molecule has 1 heterocycles. The molecular weight excluding hydrogens is 309 g/mol. The SMILES string of the molecule is CC(C)CCNC(=O)[C@H](CC(C)C)NC(=O)[C@H]1N[C@@H]1C(=O)[O-].[Na+]. The Hall–Kier alpha value is -0.630. The van der Waals surface area contributed by atoms with Crippen LogP contribution in [0.2, 0.25) is 0 Å². The van der Waals surface area contributed by atoms with Crippen LogP contribution in [0.5, 0.6) is 0 Å². The van der Waals surface area contributed by atoms with E-state index < -0.39 is 30.0 Å². The van der Waals surface area contributed by atoms with Crippen LogP contribution < -0.4 is 50.6 Å². The van der Waals surface area contributed by atoms with Crippen LogP contribution in [0.4, 0.5) is 0 Å². The van der Waals surface area contributed by atoms with Gasteiger partial charge in [0.05, 0.1) is 12.0 Å². The zero-order valence-corrected chi connectivity index (χ0v) is 16.6. The van der Waals surface area contributed by atoms with Crippen LogP contribution in [0.25, 0.3) is 0 Å². The van der Waals surface area contributed by atoms with Crippen molar-refractivity contribution in [1.29, 1.82) is 0 Å². The first-order valence-corrected chi connectivity index (χ1v) is 7.77. The van der Waals surface area contributed by atoms with E-state index in [1.54, 1.807) is 0 Å². The summed E-state index contributed by atoms with van der Waals surface area (Å²) in [6, 6.07) is -2.41. The topological polar surface area (TPSA) is 120 Å². The summed E-state index contributed by atoms with van der Waals surface area (Å²) in [5.74, 6) is -1.29. The summed E-state index contributed by atoms with van der Waals surface area (Å²) in [5, 5.41) is 18.6. The first kappa shape index (κ1) is 22.4. The van der Waals surface area contributed by atoms with E-state index in [9.17, 15) is 19.5 Å². The third kappa shape index (κ3) is 8.15. The molecule has 0 spiro atoms. The van der Waals surface area contributed by atoms with Crippen LogP contribution in [0.15, 0.2) is 0 Å². The van der Waals surface area contributed by atoms with E-state index in [2.05, 4.69) is 29.8 Å². The number of nitrogens with one attached hydrogen (secondary N) is 3. The van der Waals surface area contributed by atoms with Crippen molar-refractivity contribution in [3.8, 4) is 0 Å². The minimum Gasteiger partial charge on any atom is -0.548 e. The number of carboxylic acids is 1. The minimum atomic E-state index is -1.30. The van der Waals surface area contributed by atoms with E-state index >= 15 is 0 Å². The molecule has 0 aromatic carbocycles. The average Bonchev–Trinajstić information content (AvgIpc) is 3.16. The van der Waals surface area contributed by atoms with Gasteiger partial charge in [0, 0.05) is 6.54 Å². The van der Waals surface area contributed by atoms with E-state index in [-0.39, 0.29) is 41.4 Å². The molecule has 1 aliphatic heterocycles. The number of carboxylic acid groups (broad SMARTS) is 1. The van der Waals surface area contributed by atoms with Crippen molar-refractivity contribution in [3.05, 3.63) is 0 Å². The molecule has 1 saturated heterocycles. The van der Waals surface area contributed by atoms with Crippen LogP contribution in [0, 0.1) is 11.8 Å². The Morgan fingerprint density at radius 3 is 2.13 bits per heavy atom. The van der Waals surface area contributed by atoms with Gasteiger partial charge in [-0.25, -0.2) is 0 Å². The first-order valence-electron chi connectivity index (χ1n) is 7.77. The van der Waals surface area contributed by atoms with Crippen LogP contribution in [-0.4, -0.2) is 42.5 Å². The number of aliphatic carboxylic acids is 1. The zero-order valence-electron chi connectivity index (χ0n) is 14.6. The number of amides is 2. The zero-order chi connectivity index (χ0) is 16.9. The quantitative estimate of drug-likeness (QED) is 0.291. The molecule has 0 unspecified atom stereocenters. The van der Waals surface area contributed by atoms with Gasteiger partial charge in [0.15, 0.2) is 0 Å². The summed E-state index contributed by atoms with van der Waals surface area (Å²) >= 11 is 0. The summed E-state index contributed by atoms with van der Waals surface area (Å²) in [7, 11) is 0. The summed E-state index contributed by atoms with van der Waals surface area (Å²) in [4.78, 5) is 34.8. The molecule has 126 valence electrons. The molecule has 3 atom stereocenters. The maximum Gasteiger partial charge on any atom is 1.00 e. The third-order valence-electron chi connectivity index (χ3n) is 3.48. The van der Waals surface area contributed by atoms with Gasteiger partial charge in [0.25, 0.3) is 0 Å². The summed E-state index contributed by atoms with van der Waals surface area (Å²) < 4.78 is 0. The van der Waals surface area contributed by atoms with Gasteiger partial charge in [-0.1, -0.05) is 27.7 Å². The van der Waals surface area contributed by atoms with Crippen LogP contribution >= 0.6 is 0 Å². The fourth-order valence-electron chi connectivity index (χ4n) is 2.14. The maximum atomic E-state index is 12.2. The Morgan fingerprint density at radius 1 is 1.09 bits per heavy atom. The number of rotatable bonds is 9. The molecule has 8 heteroatoms. The predicted molar refractivity (Wildman–Crippen MR) is 79.6 cm³/mol. The third-order valence-corrected chi connectivity index (χ3v) is 3.48. The fraction of sp³-hybridized carbons (Fsp3) is 0.800. The summed E-state index contributed by atoms with van der Waals surface area (Å²) in [5.41, 5.74) is 0. The minimum absolute atomic E-state index is 0. The predicted octanol–water partition coefficient (Wildman–Crippen LogP) is -4.23. The van der Waals surface area contributed by atoms with Crippen molar-refractivity contribution >= 4 is 17.8 Å². The van der Waals surface area contributed by atoms with Crippen LogP contribution in [-0.2, 0) is 14.4 Å². The molecule has 0 radical (unpaired) electrons. The normalized spacial score (nSPS) is 20.6. The summed E-state index contributed by atoms with van der Waals surface area (Å²) in [6.07, 6.45) is 1.37. The molecule has 0 aromatic heterocycles. The first-order chi connectivity index (χ1) is 10.2. The van der Waals surface area contributed by atoms with Crippen LogP contribution in [0.3, 0.4) is 0 Å². The Labute approximate surface area is 159 Å². The van der Waals surface area contributed by atoms with Crippen molar-refractivity contribution in [3.63, 3.8) is 0 Å². The molecule has 1 rings (SSSR count). The molecule has 7 nitrogen and oxygen atoms in total. The van der Waals surface area contributed by atoms with Gasteiger partial charge in [-0.05, 0) is 24.7 Å². The van der Waals surface area contributed by atoms with Gasteiger partial charge in [0.2, 0.25) is 11.8 Å². The molecular formula is C15H26N3NaO4. The van der Waals surface area contributed by atoms with Gasteiger partial charge in [0.1, 0.15) is 12.1 Å². The standard InChI is InChI=1S/C15H27N3O4.Na/c1-8(2)5-6-16-13(19)10(7-9(3)4)17-14(20)11-12(18-11)15(21)22;/h8-12,18H,5-7H2,1-4H3,(H,16,19)(H,17,20)(H,21,22);/q;+1/p-1/t10-,11-,12-;/m0./s1. The molecule has 23 heavy (non-hydrogen) atoms. The number of hydrogen-bond donors (Lipinski definition) is 3. The monoisotopic (exact) mass is 335 g/mol. The smallest absolute Gasteiger partial charge is 0.548 e. The Bertz CT molecular complexity index is 429.